The first kappa shape index (κ1) is 12.2. The van der Waals surface area contributed by atoms with Gasteiger partial charge in [0.15, 0.2) is 0 Å². The summed E-state index contributed by atoms with van der Waals surface area (Å²) in [7, 11) is 0. The van der Waals surface area contributed by atoms with E-state index in [0.29, 0.717) is 0 Å². The van der Waals surface area contributed by atoms with Gasteiger partial charge in [-0.1, -0.05) is 0 Å². The van der Waals surface area contributed by atoms with Crippen LogP contribution in [0.5, 0.6) is 0 Å². The Labute approximate surface area is 100 Å². The van der Waals surface area contributed by atoms with Crippen LogP contribution in [-0.4, -0.2) is 24.0 Å². The Morgan fingerprint density at radius 1 is 1.11 bits per heavy atom. The van der Waals surface area contributed by atoms with E-state index >= 15 is 0 Å². The monoisotopic (exact) mass is 254 g/mol. The molecule has 2 amide bonds. The van der Waals surface area contributed by atoms with E-state index in [9.17, 15) is 23.2 Å². The predicted octanol–water partition coefficient (Wildman–Crippen LogP) is 1.42. The van der Waals surface area contributed by atoms with Crippen LogP contribution in [0.4, 0.5) is 20.2 Å². The lowest BCUT2D eigenvalue weighted by molar-refractivity contribution is -0.123. The topological polar surface area (TPSA) is 75.3 Å². The Bertz CT molecular complexity index is 543. The highest BCUT2D eigenvalue weighted by Gasteiger charge is 2.22. The van der Waals surface area contributed by atoms with Crippen molar-refractivity contribution in [3.63, 3.8) is 0 Å². The molecule has 5 nitrogen and oxygen atoms in total. The molecule has 0 bridgehead atoms. The van der Waals surface area contributed by atoms with Gasteiger partial charge in [-0.25, -0.2) is 8.78 Å². The van der Waals surface area contributed by atoms with Crippen LogP contribution in [0.2, 0.25) is 0 Å². The number of amides is 2. The minimum absolute atomic E-state index is 0.136. The van der Waals surface area contributed by atoms with Crippen molar-refractivity contribution in [2.75, 3.05) is 10.6 Å². The molecule has 0 saturated carbocycles. The molecule has 0 spiro atoms. The van der Waals surface area contributed by atoms with Gasteiger partial charge in [-0.3, -0.25) is 14.4 Å². The SMILES string of the molecule is O=C1CC(=O)Nc2cc(C(=O)C(F)F)ccc2N1. The van der Waals surface area contributed by atoms with Crippen LogP contribution in [0, 0.1) is 0 Å². The second kappa shape index (κ2) is 4.52. The zero-order valence-electron chi connectivity index (χ0n) is 9.00. The first-order valence-electron chi connectivity index (χ1n) is 5.03. The van der Waals surface area contributed by atoms with E-state index in [0.717, 1.165) is 6.07 Å². The van der Waals surface area contributed by atoms with E-state index in [1.807, 2.05) is 0 Å². The molecule has 1 aliphatic heterocycles. The quantitative estimate of drug-likeness (QED) is 0.619. The third-order valence-electron chi connectivity index (χ3n) is 2.37. The summed E-state index contributed by atoms with van der Waals surface area (Å²) in [5, 5.41) is 4.79. The number of alkyl halides is 2. The van der Waals surface area contributed by atoms with Crippen LogP contribution < -0.4 is 10.6 Å². The largest absolute Gasteiger partial charge is 0.324 e. The smallest absolute Gasteiger partial charge is 0.300 e. The number of fused-ring (bicyclic) bond motifs is 1. The minimum atomic E-state index is -3.11. The summed E-state index contributed by atoms with van der Waals surface area (Å²) in [6.07, 6.45) is -3.47. The van der Waals surface area contributed by atoms with Crippen molar-refractivity contribution in [1.29, 1.82) is 0 Å². The van der Waals surface area contributed by atoms with Crippen LogP contribution in [-0.2, 0) is 9.59 Å². The molecule has 0 aromatic heterocycles. The summed E-state index contributed by atoms with van der Waals surface area (Å²) in [6.45, 7) is 0. The molecule has 7 heteroatoms. The normalized spacial score (nSPS) is 14.6. The van der Waals surface area contributed by atoms with E-state index in [1.165, 1.54) is 12.1 Å². The molecule has 1 aromatic carbocycles. The predicted molar refractivity (Wildman–Crippen MR) is 58.7 cm³/mol. The van der Waals surface area contributed by atoms with Gasteiger partial charge in [-0.15, -0.1) is 0 Å². The molecule has 0 unspecified atom stereocenters. The fourth-order valence-electron chi connectivity index (χ4n) is 1.57. The lowest BCUT2D eigenvalue weighted by Crippen LogP contribution is -2.16. The van der Waals surface area contributed by atoms with Crippen molar-refractivity contribution < 1.29 is 23.2 Å². The summed E-state index contributed by atoms with van der Waals surface area (Å²) in [4.78, 5) is 33.6. The average molecular weight is 254 g/mol. The maximum atomic E-state index is 12.3. The Hall–Kier alpha value is -2.31. The van der Waals surface area contributed by atoms with E-state index in [1.54, 1.807) is 0 Å². The molecule has 94 valence electrons. The van der Waals surface area contributed by atoms with Gasteiger partial charge in [0.05, 0.1) is 11.4 Å². The average Bonchev–Trinajstić information content (AvgIpc) is 2.43. The number of halogens is 2. The van der Waals surface area contributed by atoms with Crippen LogP contribution in [0.15, 0.2) is 18.2 Å². The number of Topliss-reactive ketones (excluding diaryl/α,β-unsaturated/α-hetero) is 1. The van der Waals surface area contributed by atoms with Crippen molar-refractivity contribution in [1.82, 2.24) is 0 Å². The van der Waals surface area contributed by atoms with E-state index in [-0.39, 0.29) is 23.4 Å². The zero-order chi connectivity index (χ0) is 13.3. The number of nitrogens with one attached hydrogen (secondary N) is 2. The highest BCUT2D eigenvalue weighted by molar-refractivity contribution is 6.14. The van der Waals surface area contributed by atoms with Crippen LogP contribution in [0.1, 0.15) is 16.8 Å². The van der Waals surface area contributed by atoms with Gasteiger partial charge in [0.1, 0.15) is 6.42 Å². The highest BCUT2D eigenvalue weighted by atomic mass is 19.3. The Morgan fingerprint density at radius 2 is 1.72 bits per heavy atom. The lowest BCUT2D eigenvalue weighted by atomic mass is 10.1. The summed E-state index contributed by atoms with van der Waals surface area (Å²) >= 11 is 0. The van der Waals surface area contributed by atoms with E-state index in [2.05, 4.69) is 10.6 Å². The van der Waals surface area contributed by atoms with Gasteiger partial charge in [0.25, 0.3) is 0 Å². The molecule has 0 saturated heterocycles. The molecule has 2 rings (SSSR count). The van der Waals surface area contributed by atoms with Crippen LogP contribution in [0.3, 0.4) is 0 Å². The summed E-state index contributed by atoms with van der Waals surface area (Å²) in [5.74, 6) is -2.39. The molecule has 0 atom stereocenters. The Morgan fingerprint density at radius 3 is 2.33 bits per heavy atom. The molecule has 1 heterocycles. The fraction of sp³-hybridized carbons (Fsp3) is 0.182. The number of ketones is 1. The van der Waals surface area contributed by atoms with Crippen LogP contribution in [0.25, 0.3) is 0 Å². The number of anilines is 2. The maximum Gasteiger partial charge on any atom is 0.300 e. The third-order valence-corrected chi connectivity index (χ3v) is 2.37. The van der Waals surface area contributed by atoms with Gasteiger partial charge in [-0.2, -0.15) is 0 Å². The van der Waals surface area contributed by atoms with Gasteiger partial charge < -0.3 is 10.6 Å². The van der Waals surface area contributed by atoms with Crippen LogP contribution >= 0.6 is 0 Å². The number of hydrogen-bond donors (Lipinski definition) is 2. The second-order valence-electron chi connectivity index (χ2n) is 3.70. The number of benzene rings is 1. The lowest BCUT2D eigenvalue weighted by Gasteiger charge is -2.08. The standard InChI is InChI=1S/C11H8F2N2O3/c12-11(13)10(18)5-1-2-6-7(3-5)15-9(17)4-8(16)14-6/h1-3,11H,4H2,(H,14,16)(H,15,17). The summed E-state index contributed by atoms with van der Waals surface area (Å²) in [6, 6.07) is 3.59. The van der Waals surface area contributed by atoms with E-state index < -0.39 is 24.0 Å². The summed E-state index contributed by atoms with van der Waals surface area (Å²) < 4.78 is 24.5. The minimum Gasteiger partial charge on any atom is -0.324 e. The Kier molecular flexibility index (Phi) is 3.05. The van der Waals surface area contributed by atoms with Gasteiger partial charge in [0, 0.05) is 5.56 Å². The summed E-state index contributed by atoms with van der Waals surface area (Å²) in [5.41, 5.74) is 0.189. The highest BCUT2D eigenvalue weighted by Crippen LogP contribution is 2.26. The fourth-order valence-corrected chi connectivity index (χ4v) is 1.57. The second-order valence-corrected chi connectivity index (χ2v) is 3.70. The van der Waals surface area contributed by atoms with Crippen molar-refractivity contribution in [2.24, 2.45) is 0 Å². The molecule has 0 aliphatic carbocycles. The molecule has 0 fully saturated rings. The first-order valence-corrected chi connectivity index (χ1v) is 5.03. The molecular formula is C11H8F2N2O3. The molecule has 18 heavy (non-hydrogen) atoms. The molecule has 1 aromatic rings. The van der Waals surface area contributed by atoms with Gasteiger partial charge in [-0.05, 0) is 18.2 Å². The van der Waals surface area contributed by atoms with Gasteiger partial charge in [0.2, 0.25) is 17.6 Å². The number of hydrogen-bond acceptors (Lipinski definition) is 3. The molecule has 0 radical (unpaired) electrons. The van der Waals surface area contributed by atoms with Crippen molar-refractivity contribution in [3.05, 3.63) is 23.8 Å². The maximum absolute atomic E-state index is 12.3. The number of carbonyl (C=O) groups is 3. The van der Waals surface area contributed by atoms with Crippen molar-refractivity contribution >= 4 is 29.0 Å². The van der Waals surface area contributed by atoms with Crippen molar-refractivity contribution in [2.45, 2.75) is 12.8 Å². The van der Waals surface area contributed by atoms with Crippen molar-refractivity contribution in [3.8, 4) is 0 Å². The molecule has 2 N–H and O–H groups in total. The number of rotatable bonds is 2. The third kappa shape index (κ3) is 2.34. The zero-order valence-corrected chi connectivity index (χ0v) is 9.00. The molecule has 1 aliphatic rings. The Balaban J connectivity index is 2.40. The molecular weight excluding hydrogens is 246 g/mol. The van der Waals surface area contributed by atoms with Gasteiger partial charge >= 0.3 is 6.43 Å². The number of carbonyl (C=O) groups excluding carboxylic acids is 3. The van der Waals surface area contributed by atoms with E-state index in [4.69, 9.17) is 0 Å². The first-order chi connectivity index (χ1) is 8.47.